The normalized spacial score (nSPS) is 14.7. The molecule has 0 aliphatic carbocycles. The SMILES string of the molecule is C=CCn1c(=NC(=O)c2ccc(N3CCCCC3)c([N+](=O)[O-])c2)sc2cc(C)ccc21. The third-order valence-corrected chi connectivity index (χ3v) is 6.50. The summed E-state index contributed by atoms with van der Waals surface area (Å²) < 4.78 is 2.96. The maximum absolute atomic E-state index is 12.9. The monoisotopic (exact) mass is 436 g/mol. The van der Waals surface area contributed by atoms with E-state index in [1.807, 2.05) is 28.5 Å². The van der Waals surface area contributed by atoms with E-state index < -0.39 is 10.8 Å². The van der Waals surface area contributed by atoms with Gasteiger partial charge in [0.15, 0.2) is 4.80 Å². The molecule has 1 aliphatic rings. The summed E-state index contributed by atoms with van der Waals surface area (Å²) in [5, 5.41) is 11.7. The lowest BCUT2D eigenvalue weighted by Gasteiger charge is -2.28. The van der Waals surface area contributed by atoms with Crippen molar-refractivity contribution < 1.29 is 9.72 Å². The summed E-state index contributed by atoms with van der Waals surface area (Å²) in [7, 11) is 0. The zero-order chi connectivity index (χ0) is 22.0. The number of hydrogen-bond donors (Lipinski definition) is 0. The van der Waals surface area contributed by atoms with Gasteiger partial charge in [0.25, 0.3) is 11.6 Å². The summed E-state index contributed by atoms with van der Waals surface area (Å²) in [4.78, 5) is 31.1. The van der Waals surface area contributed by atoms with Crippen LogP contribution in [0, 0.1) is 17.0 Å². The fourth-order valence-corrected chi connectivity index (χ4v) is 5.06. The number of nitrogens with zero attached hydrogens (tertiary/aromatic N) is 4. The number of anilines is 1. The summed E-state index contributed by atoms with van der Waals surface area (Å²) >= 11 is 1.42. The van der Waals surface area contributed by atoms with Crippen LogP contribution in [0.1, 0.15) is 35.2 Å². The van der Waals surface area contributed by atoms with Gasteiger partial charge in [-0.05, 0) is 56.0 Å². The number of fused-ring (bicyclic) bond motifs is 1. The van der Waals surface area contributed by atoms with Crippen molar-refractivity contribution in [1.82, 2.24) is 4.57 Å². The molecule has 2 aromatic carbocycles. The quantitative estimate of drug-likeness (QED) is 0.326. The Balaban J connectivity index is 1.75. The molecular formula is C23H24N4O3S. The Labute approximate surface area is 184 Å². The van der Waals surface area contributed by atoms with Crippen LogP contribution < -0.4 is 9.70 Å². The number of aryl methyl sites for hydroxylation is 1. The van der Waals surface area contributed by atoms with Gasteiger partial charge in [0.1, 0.15) is 5.69 Å². The molecule has 3 aromatic rings. The third-order valence-electron chi connectivity index (χ3n) is 5.46. The number of benzene rings is 2. The highest BCUT2D eigenvalue weighted by molar-refractivity contribution is 7.16. The molecular weight excluding hydrogens is 412 g/mol. The average Bonchev–Trinajstić information content (AvgIpc) is 3.10. The van der Waals surface area contributed by atoms with Crippen molar-refractivity contribution in [2.75, 3.05) is 18.0 Å². The molecule has 1 aromatic heterocycles. The van der Waals surface area contributed by atoms with E-state index in [4.69, 9.17) is 0 Å². The zero-order valence-corrected chi connectivity index (χ0v) is 18.2. The van der Waals surface area contributed by atoms with Gasteiger partial charge in [0, 0.05) is 31.3 Å². The van der Waals surface area contributed by atoms with Gasteiger partial charge in [0.05, 0.1) is 15.1 Å². The van der Waals surface area contributed by atoms with Crippen LogP contribution in [0.3, 0.4) is 0 Å². The standard InChI is InChI=1S/C23H24N4O3S/c1-3-11-26-19-9-7-16(2)14-21(19)31-23(26)24-22(28)17-8-10-18(20(15-17)27(29)30)25-12-5-4-6-13-25/h3,7-10,14-15H,1,4-6,11-13H2,2H3. The molecule has 2 heterocycles. The van der Waals surface area contributed by atoms with Crippen molar-refractivity contribution in [3.8, 4) is 0 Å². The van der Waals surface area contributed by atoms with Crippen LogP contribution in [0.25, 0.3) is 10.2 Å². The van der Waals surface area contributed by atoms with Crippen molar-refractivity contribution >= 4 is 38.8 Å². The minimum Gasteiger partial charge on any atom is -0.366 e. The maximum Gasteiger partial charge on any atom is 0.293 e. The fourth-order valence-electron chi connectivity index (χ4n) is 3.93. The van der Waals surface area contributed by atoms with Crippen LogP contribution in [0.4, 0.5) is 11.4 Å². The molecule has 0 unspecified atom stereocenters. The number of carbonyl (C=O) groups is 1. The summed E-state index contributed by atoms with van der Waals surface area (Å²) in [6.07, 6.45) is 4.93. The molecule has 1 saturated heterocycles. The fraction of sp³-hybridized carbons (Fsp3) is 0.304. The van der Waals surface area contributed by atoms with Gasteiger partial charge in [-0.25, -0.2) is 0 Å². The van der Waals surface area contributed by atoms with Gasteiger partial charge >= 0.3 is 0 Å². The van der Waals surface area contributed by atoms with Gasteiger partial charge < -0.3 is 9.47 Å². The first-order chi connectivity index (χ1) is 15.0. The van der Waals surface area contributed by atoms with E-state index in [1.54, 1.807) is 18.2 Å². The number of amides is 1. The van der Waals surface area contributed by atoms with E-state index in [2.05, 4.69) is 17.6 Å². The predicted molar refractivity (Wildman–Crippen MR) is 124 cm³/mol. The lowest BCUT2D eigenvalue weighted by molar-refractivity contribution is -0.384. The Kier molecular flexibility index (Phi) is 5.99. The van der Waals surface area contributed by atoms with E-state index in [0.717, 1.165) is 48.1 Å². The summed E-state index contributed by atoms with van der Waals surface area (Å²) in [5.41, 5.74) is 2.84. The van der Waals surface area contributed by atoms with Gasteiger partial charge in [0.2, 0.25) is 0 Å². The van der Waals surface area contributed by atoms with Crippen LogP contribution in [-0.4, -0.2) is 28.5 Å². The number of carbonyl (C=O) groups excluding carboxylic acids is 1. The van der Waals surface area contributed by atoms with Crippen molar-refractivity contribution in [1.29, 1.82) is 0 Å². The summed E-state index contributed by atoms with van der Waals surface area (Å²) in [5.74, 6) is -0.491. The van der Waals surface area contributed by atoms with Gasteiger partial charge in [-0.1, -0.05) is 23.5 Å². The lowest BCUT2D eigenvalue weighted by Crippen LogP contribution is -2.30. The topological polar surface area (TPSA) is 80.7 Å². The molecule has 0 spiro atoms. The Bertz CT molecular complexity index is 1240. The number of nitro benzene ring substituents is 1. The second-order valence-electron chi connectivity index (χ2n) is 7.68. The zero-order valence-electron chi connectivity index (χ0n) is 17.4. The molecule has 7 nitrogen and oxygen atoms in total. The van der Waals surface area contributed by atoms with Gasteiger partial charge in [-0.3, -0.25) is 14.9 Å². The van der Waals surface area contributed by atoms with Crippen LogP contribution >= 0.6 is 11.3 Å². The van der Waals surface area contributed by atoms with Crippen molar-refractivity contribution in [3.63, 3.8) is 0 Å². The molecule has 0 saturated carbocycles. The first kappa shape index (κ1) is 21.0. The van der Waals surface area contributed by atoms with E-state index in [0.29, 0.717) is 17.0 Å². The molecule has 8 heteroatoms. The van der Waals surface area contributed by atoms with Crippen molar-refractivity contribution in [2.24, 2.45) is 4.99 Å². The first-order valence-electron chi connectivity index (χ1n) is 10.3. The summed E-state index contributed by atoms with van der Waals surface area (Å²) in [6, 6.07) is 10.7. The minimum atomic E-state index is -0.491. The first-order valence-corrected chi connectivity index (χ1v) is 11.1. The van der Waals surface area contributed by atoms with E-state index in [1.165, 1.54) is 17.4 Å². The van der Waals surface area contributed by atoms with Crippen LogP contribution in [-0.2, 0) is 6.54 Å². The second-order valence-corrected chi connectivity index (χ2v) is 8.69. The highest BCUT2D eigenvalue weighted by Crippen LogP contribution is 2.31. The number of piperidine rings is 1. The molecule has 1 fully saturated rings. The molecule has 0 atom stereocenters. The number of nitro groups is 1. The predicted octanol–water partition coefficient (Wildman–Crippen LogP) is 4.84. The molecule has 1 aliphatic heterocycles. The van der Waals surface area contributed by atoms with Crippen LogP contribution in [0.2, 0.25) is 0 Å². The number of allylic oxidation sites excluding steroid dienone is 1. The van der Waals surface area contributed by atoms with Crippen LogP contribution in [0.5, 0.6) is 0 Å². The average molecular weight is 437 g/mol. The van der Waals surface area contributed by atoms with Crippen molar-refractivity contribution in [3.05, 3.63) is 75.1 Å². The van der Waals surface area contributed by atoms with Gasteiger partial charge in [-0.15, -0.1) is 6.58 Å². The number of rotatable bonds is 5. The molecule has 0 bridgehead atoms. The highest BCUT2D eigenvalue weighted by Gasteiger charge is 2.23. The van der Waals surface area contributed by atoms with E-state index >= 15 is 0 Å². The Morgan fingerprint density at radius 1 is 1.23 bits per heavy atom. The third kappa shape index (κ3) is 4.29. The highest BCUT2D eigenvalue weighted by atomic mass is 32.1. The second kappa shape index (κ2) is 8.85. The van der Waals surface area contributed by atoms with E-state index in [-0.39, 0.29) is 11.3 Å². The summed E-state index contributed by atoms with van der Waals surface area (Å²) in [6.45, 7) is 7.92. The largest absolute Gasteiger partial charge is 0.366 e. The number of thiazole rings is 1. The Hall–Kier alpha value is -3.26. The number of aromatic nitrogens is 1. The van der Waals surface area contributed by atoms with Crippen LogP contribution in [0.15, 0.2) is 54.0 Å². The molecule has 160 valence electrons. The maximum atomic E-state index is 12.9. The molecule has 1 amide bonds. The molecule has 4 rings (SSSR count). The smallest absolute Gasteiger partial charge is 0.293 e. The van der Waals surface area contributed by atoms with E-state index in [9.17, 15) is 14.9 Å². The lowest BCUT2D eigenvalue weighted by atomic mass is 10.1. The van der Waals surface area contributed by atoms with Gasteiger partial charge in [-0.2, -0.15) is 4.99 Å². The van der Waals surface area contributed by atoms with Crippen molar-refractivity contribution in [2.45, 2.75) is 32.7 Å². The number of hydrogen-bond acceptors (Lipinski definition) is 5. The molecule has 0 N–H and O–H groups in total. The molecule has 0 radical (unpaired) electrons. The Morgan fingerprint density at radius 2 is 2.00 bits per heavy atom. The Morgan fingerprint density at radius 3 is 2.71 bits per heavy atom. The minimum absolute atomic E-state index is 0.0473. The molecule has 31 heavy (non-hydrogen) atoms.